The second-order valence-corrected chi connectivity index (χ2v) is 23.5. The molecule has 3 aliphatic heterocycles. The monoisotopic (exact) mass is 944 g/mol. The Labute approximate surface area is 431 Å². The fraction of sp³-hybridized carbons (Fsp3) is 0.176. The number of hydrogen-bond acceptors (Lipinski definition) is 3. The highest BCUT2D eigenvalue weighted by Crippen LogP contribution is 2.52. The first-order valence-corrected chi connectivity index (χ1v) is 26.0. The van der Waals surface area contributed by atoms with Gasteiger partial charge in [0.05, 0.1) is 16.9 Å². The smallest absolute Gasteiger partial charge is 0.275 e. The molecular formula is C68H61BN4. The van der Waals surface area contributed by atoms with E-state index >= 15 is 0 Å². The van der Waals surface area contributed by atoms with E-state index in [1.165, 1.54) is 94.8 Å². The molecule has 0 aliphatic carbocycles. The van der Waals surface area contributed by atoms with Crippen LogP contribution in [0.25, 0.3) is 38.8 Å². The highest BCUT2D eigenvalue weighted by atomic mass is 15.2. The van der Waals surface area contributed by atoms with Crippen LogP contribution in [-0.4, -0.2) is 11.3 Å². The predicted molar refractivity (Wildman–Crippen MR) is 313 cm³/mol. The highest BCUT2D eigenvalue weighted by Gasteiger charge is 2.51. The number of aromatic nitrogens is 1. The van der Waals surface area contributed by atoms with Gasteiger partial charge in [0.1, 0.15) is 0 Å². The Morgan fingerprint density at radius 3 is 1.34 bits per heavy atom. The first-order valence-electron chi connectivity index (χ1n) is 26.0. The van der Waals surface area contributed by atoms with Crippen molar-refractivity contribution in [1.82, 2.24) is 4.57 Å². The molecule has 0 saturated carbocycles. The molecular weight excluding hydrogens is 884 g/mol. The maximum absolute atomic E-state index is 2.63. The third kappa shape index (κ3) is 7.18. The molecule has 9 aromatic carbocycles. The molecule has 0 saturated heterocycles. The Hall–Kier alpha value is -8.02. The average Bonchev–Trinajstić information content (AvgIpc) is 3.92. The van der Waals surface area contributed by atoms with E-state index in [1.807, 2.05) is 0 Å². The third-order valence-electron chi connectivity index (χ3n) is 15.8. The van der Waals surface area contributed by atoms with E-state index in [2.05, 4.69) is 288 Å². The van der Waals surface area contributed by atoms with E-state index in [0.717, 1.165) is 28.4 Å². The lowest BCUT2D eigenvalue weighted by molar-refractivity contribution is 0.590. The molecule has 356 valence electrons. The molecule has 0 unspecified atom stereocenters. The minimum Gasteiger partial charge on any atom is -0.320 e. The van der Waals surface area contributed by atoms with Crippen LogP contribution in [0, 0.1) is 0 Å². The fourth-order valence-corrected chi connectivity index (χ4v) is 11.9. The maximum Gasteiger partial charge on any atom is 0.275 e. The molecule has 13 rings (SSSR count). The van der Waals surface area contributed by atoms with E-state index in [9.17, 15) is 0 Å². The van der Waals surface area contributed by atoms with Gasteiger partial charge in [-0.25, -0.2) is 0 Å². The van der Waals surface area contributed by atoms with Gasteiger partial charge in [-0.3, -0.25) is 0 Å². The number of anilines is 9. The zero-order chi connectivity index (χ0) is 50.1. The largest absolute Gasteiger partial charge is 0.320 e. The summed E-state index contributed by atoms with van der Waals surface area (Å²) in [5.74, 6) is 0. The summed E-state index contributed by atoms with van der Waals surface area (Å²) in [7, 11) is 0. The van der Waals surface area contributed by atoms with Gasteiger partial charge in [-0.2, -0.15) is 0 Å². The molecule has 4 heterocycles. The SMILES string of the molecule is CC(C)(C)c1ccc(N(c2ccc(C(C)(C)C)cc2)c2cc3c4c(c2)-n2c5c(c6cc(-c7ccccc7)ccc62)N(c2ccc(C(C)(C)C)cc2)c2cccc(c2B45)N3c2ccc(-c3ccccc3)cc2)cc1. The second-order valence-electron chi connectivity index (χ2n) is 23.5. The van der Waals surface area contributed by atoms with Crippen molar-refractivity contribution in [3.8, 4) is 27.9 Å². The molecule has 73 heavy (non-hydrogen) atoms. The summed E-state index contributed by atoms with van der Waals surface area (Å²) in [6, 6.07) is 77.8. The topological polar surface area (TPSA) is 14.7 Å². The van der Waals surface area contributed by atoms with Crippen LogP contribution in [0.3, 0.4) is 0 Å². The summed E-state index contributed by atoms with van der Waals surface area (Å²) in [5.41, 5.74) is 25.8. The van der Waals surface area contributed by atoms with Crippen molar-refractivity contribution in [3.63, 3.8) is 0 Å². The zero-order valence-corrected chi connectivity index (χ0v) is 43.5. The van der Waals surface area contributed by atoms with Crippen LogP contribution in [0.2, 0.25) is 0 Å². The highest BCUT2D eigenvalue weighted by molar-refractivity contribution is 7.02. The van der Waals surface area contributed by atoms with Crippen molar-refractivity contribution in [2.24, 2.45) is 0 Å². The van der Waals surface area contributed by atoms with E-state index in [-0.39, 0.29) is 23.0 Å². The summed E-state index contributed by atoms with van der Waals surface area (Å²) in [4.78, 5) is 7.62. The van der Waals surface area contributed by atoms with Gasteiger partial charge >= 0.3 is 0 Å². The number of fused-ring (bicyclic) bond motifs is 4. The number of rotatable bonds is 7. The first kappa shape index (κ1) is 44.9. The molecule has 0 fully saturated rings. The molecule has 1 aromatic heterocycles. The van der Waals surface area contributed by atoms with E-state index < -0.39 is 0 Å². The van der Waals surface area contributed by atoms with Gasteiger partial charge in [-0.05, 0) is 151 Å². The second kappa shape index (κ2) is 16.2. The Bertz CT molecular complexity index is 3700. The lowest BCUT2D eigenvalue weighted by Gasteiger charge is -2.42. The average molecular weight is 945 g/mol. The molecule has 4 nitrogen and oxygen atoms in total. The summed E-state index contributed by atoms with van der Waals surface area (Å²) in [6.07, 6.45) is 0. The van der Waals surface area contributed by atoms with Crippen LogP contribution in [0.15, 0.2) is 206 Å². The summed E-state index contributed by atoms with van der Waals surface area (Å²) < 4.78 is 2.63. The summed E-state index contributed by atoms with van der Waals surface area (Å²) in [6.45, 7) is 20.7. The Kier molecular flexibility index (Phi) is 9.99. The van der Waals surface area contributed by atoms with Crippen LogP contribution < -0.4 is 31.2 Å². The van der Waals surface area contributed by atoms with Gasteiger partial charge < -0.3 is 19.3 Å². The molecule has 0 radical (unpaired) electrons. The van der Waals surface area contributed by atoms with Crippen molar-refractivity contribution >= 4 is 85.3 Å². The molecule has 3 aliphatic rings. The quantitative estimate of drug-likeness (QED) is 0.148. The fourth-order valence-electron chi connectivity index (χ4n) is 11.9. The maximum atomic E-state index is 2.63. The van der Waals surface area contributed by atoms with E-state index in [1.54, 1.807) is 0 Å². The van der Waals surface area contributed by atoms with Crippen molar-refractivity contribution in [2.75, 3.05) is 14.7 Å². The van der Waals surface area contributed by atoms with Gasteiger partial charge in [0.25, 0.3) is 6.71 Å². The van der Waals surface area contributed by atoms with Gasteiger partial charge in [0, 0.05) is 56.5 Å². The van der Waals surface area contributed by atoms with E-state index in [4.69, 9.17) is 0 Å². The van der Waals surface area contributed by atoms with Crippen LogP contribution in [0.5, 0.6) is 0 Å². The van der Waals surface area contributed by atoms with Gasteiger partial charge in [-0.1, -0.05) is 184 Å². The molecule has 5 heteroatoms. The predicted octanol–water partition coefficient (Wildman–Crippen LogP) is 16.7. The van der Waals surface area contributed by atoms with Gasteiger partial charge in [-0.15, -0.1) is 0 Å². The Morgan fingerprint density at radius 2 is 0.795 bits per heavy atom. The lowest BCUT2D eigenvalue weighted by atomic mass is 9.36. The number of nitrogens with zero attached hydrogens (tertiary/aromatic N) is 4. The van der Waals surface area contributed by atoms with E-state index in [0.29, 0.717) is 0 Å². The normalized spacial score (nSPS) is 13.5. The number of benzene rings is 9. The molecule has 0 bridgehead atoms. The molecule has 10 aromatic rings. The van der Waals surface area contributed by atoms with Crippen molar-refractivity contribution < 1.29 is 0 Å². The van der Waals surface area contributed by atoms with Crippen LogP contribution >= 0.6 is 0 Å². The third-order valence-corrected chi connectivity index (χ3v) is 15.8. The Balaban J connectivity index is 1.12. The summed E-state index contributed by atoms with van der Waals surface area (Å²) in [5, 5.41) is 1.25. The van der Waals surface area contributed by atoms with Crippen LogP contribution in [0.4, 0.5) is 51.2 Å². The van der Waals surface area contributed by atoms with Crippen molar-refractivity contribution in [2.45, 2.75) is 78.6 Å². The van der Waals surface area contributed by atoms with Gasteiger partial charge in [0.15, 0.2) is 0 Å². The van der Waals surface area contributed by atoms with Crippen molar-refractivity contribution in [1.29, 1.82) is 0 Å². The summed E-state index contributed by atoms with van der Waals surface area (Å²) >= 11 is 0. The minimum absolute atomic E-state index is 0.00311. The minimum atomic E-state index is 0.00311. The molecule has 0 amide bonds. The number of hydrogen-bond donors (Lipinski definition) is 0. The molecule has 0 spiro atoms. The van der Waals surface area contributed by atoms with Crippen molar-refractivity contribution in [3.05, 3.63) is 223 Å². The lowest BCUT2D eigenvalue weighted by Crippen LogP contribution is -2.59. The Morgan fingerprint density at radius 1 is 0.356 bits per heavy atom. The van der Waals surface area contributed by atoms with Crippen LogP contribution in [0.1, 0.15) is 79.0 Å². The first-order chi connectivity index (χ1) is 35.1. The zero-order valence-electron chi connectivity index (χ0n) is 43.5. The molecule has 0 N–H and O–H groups in total. The standard InChI is InChI=1S/C68H61BN4/c1-66(2,3)48-26-34-51(35-27-48)70(52-36-28-49(29-37-52)67(4,5)6)55-42-60-63-61(43-55)73-57-40-25-47(45-19-14-11-15-20-45)41-56(57)64-65(73)69(63)62-58(71(60)53-32-23-46(24-33-53)44-17-12-10-13-18-44)21-16-22-59(62)72(64)54-38-30-50(31-39-54)68(7,8)9/h10-43H,1-9H3. The molecule has 0 atom stereocenters. The van der Waals surface area contributed by atoms with Crippen LogP contribution in [-0.2, 0) is 16.2 Å². The van der Waals surface area contributed by atoms with Gasteiger partial charge in [0.2, 0.25) is 0 Å².